The summed E-state index contributed by atoms with van der Waals surface area (Å²) in [7, 11) is -4.26. The summed E-state index contributed by atoms with van der Waals surface area (Å²) >= 11 is 0. The lowest BCUT2D eigenvalue weighted by atomic mass is 9.81. The van der Waals surface area contributed by atoms with Crippen molar-refractivity contribution >= 4 is 21.6 Å². The lowest BCUT2D eigenvalue weighted by Gasteiger charge is -2.56. The Labute approximate surface area is 129 Å². The molecule has 0 aromatic rings. The highest BCUT2D eigenvalue weighted by Crippen LogP contribution is 2.79. The van der Waals surface area contributed by atoms with Gasteiger partial charge in [-0.25, -0.2) is 8.78 Å². The fourth-order valence-corrected chi connectivity index (χ4v) is 4.90. The molecule has 0 radical (unpaired) electrons. The van der Waals surface area contributed by atoms with E-state index in [1.165, 1.54) is 0 Å². The third-order valence-corrected chi connectivity index (χ3v) is 6.66. The molecule has 0 unspecified atom stereocenters. The Morgan fingerprint density at radius 3 is 0.625 bits per heavy atom. The van der Waals surface area contributed by atoms with Gasteiger partial charge in [0.05, 0.1) is 0 Å². The zero-order valence-corrected chi connectivity index (χ0v) is 11.7. The van der Waals surface area contributed by atoms with Gasteiger partial charge in [0.15, 0.2) is 0 Å². The van der Waals surface area contributed by atoms with Crippen molar-refractivity contribution in [2.24, 2.45) is 0 Å². The predicted octanol–water partition coefficient (Wildman–Crippen LogP) is 5.54. The molecule has 0 nitrogen and oxygen atoms in total. The van der Waals surface area contributed by atoms with Crippen molar-refractivity contribution in [3.63, 3.8) is 0 Å². The topological polar surface area (TPSA) is 0 Å². The van der Waals surface area contributed by atoms with E-state index in [0.29, 0.717) is 0 Å². The maximum Gasteiger partial charge on any atom is 0.381 e. The Bertz CT molecular complexity index is 481. The predicted molar refractivity (Wildman–Crippen MR) is 52.5 cm³/mol. The zero-order chi connectivity index (χ0) is 19.4. The molecule has 16 heteroatoms. The van der Waals surface area contributed by atoms with Crippen LogP contribution in [0.25, 0.3) is 0 Å². The summed E-state index contributed by atoms with van der Waals surface area (Å²) < 4.78 is 179. The quantitative estimate of drug-likeness (QED) is 0.430. The Balaban J connectivity index is 2.32. The summed E-state index contributed by atoms with van der Waals surface area (Å²) in [6.45, 7) is 0. The van der Waals surface area contributed by atoms with Crippen LogP contribution in [0, 0.1) is 0 Å². The smallest absolute Gasteiger partial charge is 0.217 e. The number of hydrogen-bond acceptors (Lipinski definition) is 2. The molecule has 0 aromatic heterocycles. The molecule has 0 aromatic carbocycles. The Morgan fingerprint density at radius 2 is 0.458 bits per heavy atom. The SMILES string of the molecule is FC1(F)C(F)(F)C(F)(SSC2(F)C(F)(F)C(F)(F)C2(F)F)C1(F)F. The minimum atomic E-state index is -6.33. The van der Waals surface area contributed by atoms with Crippen molar-refractivity contribution in [2.45, 2.75) is 45.5 Å². The lowest BCUT2D eigenvalue weighted by molar-refractivity contribution is -0.446. The summed E-state index contributed by atoms with van der Waals surface area (Å²) in [5.74, 6) is -37.7. The molecule has 0 saturated heterocycles. The van der Waals surface area contributed by atoms with Crippen LogP contribution in [-0.4, -0.2) is 45.5 Å². The van der Waals surface area contributed by atoms with Gasteiger partial charge in [0.1, 0.15) is 0 Å². The van der Waals surface area contributed by atoms with E-state index in [4.69, 9.17) is 0 Å². The van der Waals surface area contributed by atoms with E-state index >= 15 is 0 Å². The van der Waals surface area contributed by atoms with Gasteiger partial charge in [0.25, 0.3) is 0 Å². The summed E-state index contributed by atoms with van der Waals surface area (Å²) in [6, 6.07) is 0. The minimum absolute atomic E-state index is 2.13. The van der Waals surface area contributed by atoms with Gasteiger partial charge in [-0.2, -0.15) is 52.7 Å². The normalized spacial score (nSPS) is 34.8. The van der Waals surface area contributed by atoms with E-state index in [1.807, 2.05) is 0 Å². The van der Waals surface area contributed by atoms with Crippen molar-refractivity contribution < 1.29 is 61.5 Å². The first kappa shape index (κ1) is 20.0. The molecule has 2 aliphatic rings. The van der Waals surface area contributed by atoms with Crippen LogP contribution in [0.4, 0.5) is 61.5 Å². The molecule has 0 N–H and O–H groups in total. The van der Waals surface area contributed by atoms with Crippen molar-refractivity contribution in [1.29, 1.82) is 0 Å². The molecule has 0 spiro atoms. The monoisotopic (exact) mass is 426 g/mol. The van der Waals surface area contributed by atoms with Crippen LogP contribution in [0.1, 0.15) is 0 Å². The van der Waals surface area contributed by atoms with Crippen LogP contribution in [0.3, 0.4) is 0 Å². The molecule has 0 atom stereocenters. The van der Waals surface area contributed by atoms with Crippen LogP contribution >= 0.6 is 21.6 Å². The van der Waals surface area contributed by atoms with Gasteiger partial charge in [-0.3, -0.25) is 0 Å². The van der Waals surface area contributed by atoms with Crippen molar-refractivity contribution in [3.8, 4) is 0 Å². The molecule has 24 heavy (non-hydrogen) atoms. The van der Waals surface area contributed by atoms with Gasteiger partial charge in [-0.1, -0.05) is 0 Å². The molecular weight excluding hydrogens is 426 g/mol. The van der Waals surface area contributed by atoms with Crippen LogP contribution in [0.15, 0.2) is 0 Å². The molecule has 2 saturated carbocycles. The number of hydrogen-bond donors (Lipinski definition) is 0. The van der Waals surface area contributed by atoms with Gasteiger partial charge in [0, 0.05) is 0 Å². The summed E-state index contributed by atoms with van der Waals surface area (Å²) in [5, 5.41) is -11.6. The number of halogens is 14. The molecule has 2 aliphatic carbocycles. The summed E-state index contributed by atoms with van der Waals surface area (Å²) in [4.78, 5) is 0. The Kier molecular flexibility index (Phi) is 3.62. The van der Waals surface area contributed by atoms with Crippen LogP contribution in [-0.2, 0) is 0 Å². The van der Waals surface area contributed by atoms with E-state index in [9.17, 15) is 61.5 Å². The van der Waals surface area contributed by atoms with E-state index in [0.717, 1.165) is 0 Å². The van der Waals surface area contributed by atoms with Gasteiger partial charge >= 0.3 is 45.5 Å². The van der Waals surface area contributed by atoms with Gasteiger partial charge in [-0.05, 0) is 21.6 Å². The maximum absolute atomic E-state index is 13.5. The van der Waals surface area contributed by atoms with E-state index < -0.39 is 67.1 Å². The second kappa shape index (κ2) is 4.34. The van der Waals surface area contributed by atoms with Gasteiger partial charge < -0.3 is 0 Å². The van der Waals surface area contributed by atoms with Gasteiger partial charge in [-0.15, -0.1) is 0 Å². The van der Waals surface area contributed by atoms with Gasteiger partial charge in [0.2, 0.25) is 0 Å². The van der Waals surface area contributed by atoms with Crippen LogP contribution < -0.4 is 0 Å². The molecular formula is C8F14S2. The molecule has 0 amide bonds. The highest BCUT2D eigenvalue weighted by molar-refractivity contribution is 8.77. The van der Waals surface area contributed by atoms with Crippen molar-refractivity contribution in [2.75, 3.05) is 0 Å². The third kappa shape index (κ3) is 1.50. The van der Waals surface area contributed by atoms with Crippen molar-refractivity contribution in [3.05, 3.63) is 0 Å². The summed E-state index contributed by atoms with van der Waals surface area (Å²) in [6.07, 6.45) is 0. The standard InChI is InChI=1S/C8F14S2/c9-1(10)3(13,14)7(21,4(1,15)16)23-24-8(22)5(17,18)2(11,12)6(8,19)20. The largest absolute Gasteiger partial charge is 0.381 e. The second-order valence-corrected chi connectivity index (χ2v) is 7.26. The van der Waals surface area contributed by atoms with E-state index in [1.54, 1.807) is 0 Å². The zero-order valence-electron chi connectivity index (χ0n) is 10.1. The van der Waals surface area contributed by atoms with Crippen LogP contribution in [0.2, 0.25) is 0 Å². The first-order valence-corrected chi connectivity index (χ1v) is 7.37. The molecule has 2 rings (SSSR count). The molecule has 0 bridgehead atoms. The average molecular weight is 426 g/mol. The molecule has 2 fully saturated rings. The first-order valence-electron chi connectivity index (χ1n) is 5.22. The highest BCUT2D eigenvalue weighted by atomic mass is 33.1. The highest BCUT2D eigenvalue weighted by Gasteiger charge is 3.03. The molecule has 0 heterocycles. The Hall–Kier alpha value is -0.280. The maximum atomic E-state index is 13.5. The fraction of sp³-hybridized carbons (Fsp3) is 1.00. The van der Waals surface area contributed by atoms with Crippen molar-refractivity contribution in [1.82, 2.24) is 0 Å². The minimum Gasteiger partial charge on any atom is -0.217 e. The number of rotatable bonds is 3. The molecule has 0 aliphatic heterocycles. The molecule has 142 valence electrons. The first-order chi connectivity index (χ1) is 10.2. The average Bonchev–Trinajstić information content (AvgIpc) is 2.41. The lowest BCUT2D eigenvalue weighted by Crippen LogP contribution is -2.84. The van der Waals surface area contributed by atoms with E-state index in [-0.39, 0.29) is 0 Å². The fourth-order valence-electron chi connectivity index (χ4n) is 1.80. The second-order valence-electron chi connectivity index (χ2n) is 4.80. The van der Waals surface area contributed by atoms with E-state index in [2.05, 4.69) is 0 Å². The third-order valence-electron chi connectivity index (χ3n) is 3.46. The Morgan fingerprint density at radius 1 is 0.292 bits per heavy atom. The van der Waals surface area contributed by atoms with Crippen LogP contribution in [0.5, 0.6) is 0 Å². The number of alkyl halides is 14. The summed E-state index contributed by atoms with van der Waals surface area (Å²) in [5.41, 5.74) is 0.